The van der Waals surface area contributed by atoms with E-state index in [9.17, 15) is 19.2 Å². The maximum Gasteiger partial charge on any atom is 0.394 e. The predicted molar refractivity (Wildman–Crippen MR) is 259 cm³/mol. The van der Waals surface area contributed by atoms with Crippen LogP contribution in [0.5, 0.6) is 0 Å². The number of benzene rings is 6. The first-order chi connectivity index (χ1) is 33.0. The van der Waals surface area contributed by atoms with Crippen LogP contribution in [-0.2, 0) is 45.2 Å². The Kier molecular flexibility index (Phi) is 14.5. The molecule has 8 N–H and O–H groups in total. The molecule has 6 aromatic carbocycles. The van der Waals surface area contributed by atoms with Gasteiger partial charge in [-0.1, -0.05) is 109 Å². The molecule has 16 nitrogen and oxygen atoms in total. The van der Waals surface area contributed by atoms with E-state index in [2.05, 4.69) is 31.3 Å². The molecule has 0 saturated heterocycles. The lowest BCUT2D eigenvalue weighted by molar-refractivity contribution is -1.02. The summed E-state index contributed by atoms with van der Waals surface area (Å²) in [6, 6.07) is 49.4. The average molecular weight is 913 g/mol. The van der Waals surface area contributed by atoms with Crippen molar-refractivity contribution in [3.05, 3.63) is 214 Å². The van der Waals surface area contributed by atoms with Crippen LogP contribution >= 0.6 is 0 Å². The highest BCUT2D eigenvalue weighted by molar-refractivity contribution is 5.97. The van der Waals surface area contributed by atoms with Gasteiger partial charge in [-0.05, 0) is 104 Å². The Morgan fingerprint density at radius 3 is 1.15 bits per heavy atom. The number of hydrogen-bond donors (Lipinski definition) is 6. The fourth-order valence-electron chi connectivity index (χ4n) is 7.70. The van der Waals surface area contributed by atoms with Crippen LogP contribution in [0.15, 0.2) is 180 Å². The zero-order valence-corrected chi connectivity index (χ0v) is 37.2. The van der Waals surface area contributed by atoms with Gasteiger partial charge in [-0.3, -0.25) is 0 Å². The summed E-state index contributed by atoms with van der Waals surface area (Å²) in [5.41, 5.74) is 9.05. The van der Waals surface area contributed by atoms with Crippen LogP contribution in [0.1, 0.15) is 44.5 Å². The Labute approximate surface area is 393 Å². The Morgan fingerprint density at radius 1 is 0.471 bits per heavy atom. The van der Waals surface area contributed by atoms with Crippen LogP contribution in [0.3, 0.4) is 0 Å². The van der Waals surface area contributed by atoms with E-state index in [-0.39, 0.29) is 25.2 Å². The summed E-state index contributed by atoms with van der Waals surface area (Å²) in [7, 11) is 0. The molecule has 16 heteroatoms. The number of nitrogens with one attached hydrogen (secondary N) is 4. The smallest absolute Gasteiger partial charge is 0.334 e. The van der Waals surface area contributed by atoms with Crippen LogP contribution < -0.4 is 33.0 Å². The molecular weight excluding hydrogens is 861 g/mol. The van der Waals surface area contributed by atoms with Crippen molar-refractivity contribution in [1.82, 2.24) is 10.6 Å². The second-order valence-electron chi connectivity index (χ2n) is 16.3. The van der Waals surface area contributed by atoms with E-state index in [0.29, 0.717) is 61.8 Å². The summed E-state index contributed by atoms with van der Waals surface area (Å²) < 4.78 is -1.39. The van der Waals surface area contributed by atoms with Gasteiger partial charge in [0, 0.05) is 36.6 Å². The molecule has 0 spiro atoms. The quantitative estimate of drug-likeness (QED) is 0.0354. The summed E-state index contributed by atoms with van der Waals surface area (Å²) in [4.78, 5) is 71.0. The van der Waals surface area contributed by atoms with Gasteiger partial charge in [0.2, 0.25) is 0 Å². The largest absolute Gasteiger partial charge is 0.394 e. The number of nitrogens with zero attached hydrogens (tertiary/aromatic N) is 4. The summed E-state index contributed by atoms with van der Waals surface area (Å²) in [6.07, 6.45) is 3.25. The standard InChI is InChI=1S/C52H50N10O6/c53-61(31-29-55-49(61)43-23-19-39(20-24-43)33-37-11-15-41(16-12-37)35-57-51(65)59-45-7-3-1-4-8-45)67-47(63)27-28-48(64)68-62(54)32-30-56-50(62)44-25-21-40(22-26-44)34-38-13-17-42(18-14-38)36-58-52(66)60-46-9-5-2-6-10-46/h1-28H,29-36,53-54H2,(H2-2,57,58,59,60,65,66)/p+2/b28-27+. The molecule has 0 aromatic heterocycles. The monoisotopic (exact) mass is 912 g/mol. The number of aliphatic imine (C=N–C) groups is 2. The minimum Gasteiger partial charge on any atom is -0.334 e. The van der Waals surface area contributed by atoms with E-state index in [1.807, 2.05) is 158 Å². The molecule has 344 valence electrons. The van der Waals surface area contributed by atoms with Crippen LogP contribution in [0.2, 0.25) is 0 Å². The second-order valence-corrected chi connectivity index (χ2v) is 16.3. The lowest BCUT2D eigenvalue weighted by Crippen LogP contribution is -2.58. The van der Waals surface area contributed by atoms with E-state index < -0.39 is 21.4 Å². The van der Waals surface area contributed by atoms with Crippen molar-refractivity contribution in [3.8, 4) is 0 Å². The Morgan fingerprint density at radius 2 is 0.794 bits per heavy atom. The average Bonchev–Trinajstić information content (AvgIpc) is 3.92. The van der Waals surface area contributed by atoms with E-state index >= 15 is 0 Å². The van der Waals surface area contributed by atoms with E-state index in [0.717, 1.165) is 56.9 Å². The highest BCUT2D eigenvalue weighted by atomic mass is 16.8. The zero-order chi connectivity index (χ0) is 47.4. The molecule has 2 atom stereocenters. The summed E-state index contributed by atoms with van der Waals surface area (Å²) in [5, 5.41) is 11.4. The third-order valence-corrected chi connectivity index (χ3v) is 11.2. The Hall–Kier alpha value is -8.28. The van der Waals surface area contributed by atoms with Gasteiger partial charge in [0.1, 0.15) is 13.1 Å². The van der Waals surface area contributed by atoms with E-state index in [1.165, 1.54) is 0 Å². The van der Waals surface area contributed by atoms with Gasteiger partial charge in [0.05, 0.1) is 11.1 Å². The molecule has 0 saturated carbocycles. The fraction of sp³-hybridized carbons (Fsp3) is 0.154. The molecule has 0 radical (unpaired) electrons. The number of hydrogen-bond acceptors (Lipinski definition) is 10. The molecule has 0 fully saturated rings. The first-order valence-electron chi connectivity index (χ1n) is 22.1. The van der Waals surface area contributed by atoms with Crippen molar-refractivity contribution in [3.63, 3.8) is 0 Å². The highest BCUT2D eigenvalue weighted by Crippen LogP contribution is 2.22. The molecule has 2 aliphatic rings. The third kappa shape index (κ3) is 12.3. The number of para-hydroxylation sites is 2. The van der Waals surface area contributed by atoms with Crippen LogP contribution in [0.4, 0.5) is 21.0 Å². The molecular formula is C52H52N10O6+2. The minimum atomic E-state index is -0.863. The van der Waals surface area contributed by atoms with E-state index in [1.54, 1.807) is 0 Å². The zero-order valence-electron chi connectivity index (χ0n) is 37.2. The Balaban J connectivity index is 0.782. The number of anilines is 2. The molecule has 2 heterocycles. The van der Waals surface area contributed by atoms with Crippen molar-refractivity contribution in [2.45, 2.75) is 25.9 Å². The number of urea groups is 2. The molecule has 4 amide bonds. The van der Waals surface area contributed by atoms with Gasteiger partial charge < -0.3 is 21.3 Å². The van der Waals surface area contributed by atoms with Crippen molar-refractivity contribution < 1.29 is 38.4 Å². The van der Waals surface area contributed by atoms with Crippen LogP contribution in [0.25, 0.3) is 0 Å². The molecule has 6 aromatic rings. The molecule has 2 unspecified atom stereocenters. The maximum atomic E-state index is 13.0. The van der Waals surface area contributed by atoms with E-state index in [4.69, 9.17) is 21.4 Å². The topological polar surface area (TPSA) is 212 Å². The summed E-state index contributed by atoms with van der Waals surface area (Å²) in [6.45, 7) is 1.86. The first-order valence-corrected chi connectivity index (χ1v) is 22.1. The number of nitrogens with two attached hydrogens (primary N) is 2. The van der Waals surface area contributed by atoms with Gasteiger partial charge >= 0.3 is 24.0 Å². The minimum absolute atomic E-state index is 0.207. The maximum absolute atomic E-state index is 13.0. The normalized spacial score (nSPS) is 17.4. The van der Waals surface area contributed by atoms with Crippen LogP contribution in [0, 0.1) is 0 Å². The van der Waals surface area contributed by atoms with Gasteiger partial charge in [0.15, 0.2) is 13.1 Å². The number of quaternary nitrogens is 2. The lowest BCUT2D eigenvalue weighted by atomic mass is 10.0. The van der Waals surface area contributed by atoms with Gasteiger partial charge in [-0.2, -0.15) is 0 Å². The van der Waals surface area contributed by atoms with Crippen molar-refractivity contribution >= 4 is 47.0 Å². The summed E-state index contributed by atoms with van der Waals surface area (Å²) >= 11 is 0. The van der Waals surface area contributed by atoms with Crippen molar-refractivity contribution in [2.24, 2.45) is 21.7 Å². The number of amides is 4. The van der Waals surface area contributed by atoms with Crippen molar-refractivity contribution in [2.75, 3.05) is 36.8 Å². The molecule has 68 heavy (non-hydrogen) atoms. The lowest BCUT2D eigenvalue weighted by Gasteiger charge is -2.24. The predicted octanol–water partition coefficient (Wildman–Crippen LogP) is 6.59. The molecule has 0 bridgehead atoms. The van der Waals surface area contributed by atoms with Gasteiger partial charge in [-0.15, -0.1) is 11.7 Å². The second kappa shape index (κ2) is 21.4. The number of hydroxylamine groups is 4. The van der Waals surface area contributed by atoms with Crippen molar-refractivity contribution in [1.29, 1.82) is 0 Å². The van der Waals surface area contributed by atoms with Gasteiger partial charge in [-0.25, -0.2) is 38.8 Å². The number of carbonyl (C=O) groups is 4. The molecule has 8 rings (SSSR count). The molecule has 2 aliphatic heterocycles. The highest BCUT2D eigenvalue weighted by Gasteiger charge is 2.43. The number of carbonyl (C=O) groups excluding carboxylic acids is 4. The number of rotatable bonds is 16. The molecule has 0 aliphatic carbocycles. The fourth-order valence-corrected chi connectivity index (χ4v) is 7.70. The Bertz CT molecular complexity index is 2630. The van der Waals surface area contributed by atoms with Gasteiger partial charge in [0.25, 0.3) is 11.7 Å². The summed E-state index contributed by atoms with van der Waals surface area (Å²) in [5.74, 6) is 12.2. The SMILES string of the molecule is N[N+]1(OC(=O)/C=C/C(=O)O[N+]2(N)CCN=C2c2ccc(Cc3ccc(CNC(=O)Nc4ccccc4)cc3)cc2)CCN=C1c1ccc(Cc2ccc(CNC(=O)Nc3ccccc3)cc2)cc1. The first kappa shape index (κ1) is 46.3. The third-order valence-electron chi connectivity index (χ3n) is 11.2. The van der Waals surface area contributed by atoms with Crippen LogP contribution in [-0.4, -0.2) is 71.4 Å². The number of amidine groups is 2.